The first-order chi connectivity index (χ1) is 18.0. The van der Waals surface area contributed by atoms with E-state index in [9.17, 15) is 19.5 Å². The van der Waals surface area contributed by atoms with Crippen molar-refractivity contribution in [2.45, 2.75) is 25.0 Å². The van der Waals surface area contributed by atoms with Crippen molar-refractivity contribution in [3.8, 4) is 21.9 Å². The zero-order valence-corrected chi connectivity index (χ0v) is 20.9. The van der Waals surface area contributed by atoms with E-state index in [-0.39, 0.29) is 11.5 Å². The smallest absolute Gasteiger partial charge is 0.275 e. The lowest BCUT2D eigenvalue weighted by molar-refractivity contribution is -0.116. The van der Waals surface area contributed by atoms with Crippen LogP contribution in [0.5, 0.6) is 11.5 Å². The summed E-state index contributed by atoms with van der Waals surface area (Å²) >= 11 is 1.26. The Kier molecular flexibility index (Phi) is 7.68. The third-order valence-corrected chi connectivity index (χ3v) is 7.68. The maximum atomic E-state index is 13.3. The van der Waals surface area contributed by atoms with Crippen molar-refractivity contribution in [1.29, 1.82) is 0 Å². The maximum Gasteiger partial charge on any atom is 0.275 e. The van der Waals surface area contributed by atoms with Gasteiger partial charge in [0.2, 0.25) is 0 Å². The highest BCUT2D eigenvalue weighted by Crippen LogP contribution is 2.34. The molecule has 0 spiro atoms. The lowest BCUT2D eigenvalue weighted by Gasteiger charge is -2.29. The number of carbonyl (C=O) groups excluding carboxylic acids is 1. The van der Waals surface area contributed by atoms with E-state index >= 15 is 0 Å². The van der Waals surface area contributed by atoms with Crippen LogP contribution in [0.3, 0.4) is 0 Å². The molecule has 37 heavy (non-hydrogen) atoms. The minimum Gasteiger partial charge on any atom is -0.486 e. The minimum atomic E-state index is -1.03. The van der Waals surface area contributed by atoms with Crippen molar-refractivity contribution in [3.63, 3.8) is 0 Å². The fraction of sp³-hybridized carbons (Fsp3) is 0.333. The molecule has 2 aromatic carbocycles. The number of nitrogens with one attached hydrogen (secondary N) is 1. The third-order valence-electron chi connectivity index (χ3n) is 6.54. The Labute approximate surface area is 217 Å². The average molecular weight is 526 g/mol. The summed E-state index contributed by atoms with van der Waals surface area (Å²) in [4.78, 5) is 16.7. The fourth-order valence-corrected chi connectivity index (χ4v) is 5.62. The SMILES string of the molecule is O=C(NC(CN1CCCC1)C(O)c1ccc2c(c1)OCCO2)/C(=N/O)c1ccc(-c2ccc(F)cc2)s1. The van der Waals surface area contributed by atoms with Gasteiger partial charge in [0.05, 0.1) is 10.9 Å². The molecule has 2 aliphatic rings. The number of aliphatic hydroxyl groups is 1. The van der Waals surface area contributed by atoms with Gasteiger partial charge in [-0.15, -0.1) is 11.3 Å². The highest BCUT2D eigenvalue weighted by molar-refractivity contribution is 7.18. The molecular weight excluding hydrogens is 497 g/mol. The van der Waals surface area contributed by atoms with Gasteiger partial charge in [-0.1, -0.05) is 23.4 Å². The second-order valence-electron chi connectivity index (χ2n) is 9.05. The molecule has 1 aromatic heterocycles. The first-order valence-corrected chi connectivity index (χ1v) is 13.0. The van der Waals surface area contributed by atoms with Gasteiger partial charge >= 0.3 is 0 Å². The van der Waals surface area contributed by atoms with Gasteiger partial charge < -0.3 is 30.0 Å². The Morgan fingerprint density at radius 3 is 2.51 bits per heavy atom. The van der Waals surface area contributed by atoms with Crippen molar-refractivity contribution < 1.29 is 29.0 Å². The summed E-state index contributed by atoms with van der Waals surface area (Å²) in [6.07, 6.45) is 1.09. The van der Waals surface area contributed by atoms with Gasteiger partial charge in [-0.2, -0.15) is 0 Å². The molecule has 2 atom stereocenters. The third kappa shape index (κ3) is 5.76. The van der Waals surface area contributed by atoms with Gasteiger partial charge in [0.1, 0.15) is 25.1 Å². The topological polar surface area (TPSA) is 104 Å². The molecule has 3 heterocycles. The van der Waals surface area contributed by atoms with Gasteiger partial charge in [0, 0.05) is 11.4 Å². The Bertz CT molecular complexity index is 1270. The van der Waals surface area contributed by atoms with Crippen LogP contribution in [0.4, 0.5) is 4.39 Å². The number of nitrogens with zero attached hydrogens (tertiary/aromatic N) is 2. The van der Waals surface area contributed by atoms with E-state index in [1.807, 2.05) is 0 Å². The van der Waals surface area contributed by atoms with E-state index in [1.165, 1.54) is 23.5 Å². The molecular formula is C27H28FN3O5S. The second-order valence-corrected chi connectivity index (χ2v) is 10.1. The first-order valence-electron chi connectivity index (χ1n) is 12.2. The molecule has 0 radical (unpaired) electrons. The minimum absolute atomic E-state index is 0.154. The zero-order chi connectivity index (χ0) is 25.8. The summed E-state index contributed by atoms with van der Waals surface area (Å²) in [6.45, 7) is 3.10. The fourth-order valence-electron chi connectivity index (χ4n) is 4.62. The van der Waals surface area contributed by atoms with Crippen LogP contribution < -0.4 is 14.8 Å². The first kappa shape index (κ1) is 25.2. The zero-order valence-electron chi connectivity index (χ0n) is 20.1. The summed E-state index contributed by atoms with van der Waals surface area (Å²) in [5.41, 5.74) is 1.22. The number of likely N-dealkylation sites (tertiary alicyclic amines) is 1. The maximum absolute atomic E-state index is 13.3. The summed E-state index contributed by atoms with van der Waals surface area (Å²) in [7, 11) is 0. The number of fused-ring (bicyclic) bond motifs is 1. The van der Waals surface area contributed by atoms with E-state index in [4.69, 9.17) is 9.47 Å². The van der Waals surface area contributed by atoms with Crippen LogP contribution >= 0.6 is 11.3 Å². The number of ether oxygens (including phenoxy) is 2. The van der Waals surface area contributed by atoms with Crippen LogP contribution in [-0.4, -0.2) is 65.7 Å². The Morgan fingerprint density at radius 1 is 1.05 bits per heavy atom. The standard InChI is InChI=1S/C27H28FN3O5S/c28-19-6-3-17(4-7-19)23-9-10-24(37-23)25(30-34)27(33)29-20(16-31-11-1-2-12-31)26(32)18-5-8-21-22(15-18)36-14-13-35-21/h3-10,15,20,26,32,34H,1-2,11-14,16H2,(H,29,33)/b30-25+. The molecule has 2 aliphatic heterocycles. The highest BCUT2D eigenvalue weighted by Gasteiger charge is 2.30. The van der Waals surface area contributed by atoms with Crippen LogP contribution in [0.25, 0.3) is 10.4 Å². The number of hydrogen-bond acceptors (Lipinski definition) is 8. The number of rotatable bonds is 8. The molecule has 3 aromatic rings. The van der Waals surface area contributed by atoms with Crippen LogP contribution in [0.15, 0.2) is 59.8 Å². The van der Waals surface area contributed by atoms with Crippen LogP contribution in [0.1, 0.15) is 29.4 Å². The summed E-state index contributed by atoms with van der Waals surface area (Å²) in [5, 5.41) is 27.2. The largest absolute Gasteiger partial charge is 0.486 e. The normalized spacial score (nSPS) is 17.4. The lowest BCUT2D eigenvalue weighted by atomic mass is 10.0. The van der Waals surface area contributed by atoms with Crippen molar-refractivity contribution in [2.24, 2.45) is 5.16 Å². The van der Waals surface area contributed by atoms with Gasteiger partial charge in [0.15, 0.2) is 17.2 Å². The van der Waals surface area contributed by atoms with Gasteiger partial charge in [0.25, 0.3) is 5.91 Å². The molecule has 1 amide bonds. The van der Waals surface area contributed by atoms with Crippen molar-refractivity contribution in [1.82, 2.24) is 10.2 Å². The quantitative estimate of drug-likeness (QED) is 0.235. The molecule has 0 bridgehead atoms. The number of carbonyl (C=O) groups is 1. The lowest BCUT2D eigenvalue weighted by Crippen LogP contribution is -2.48. The van der Waals surface area contributed by atoms with E-state index in [0.717, 1.165) is 36.4 Å². The van der Waals surface area contributed by atoms with Crippen LogP contribution in [-0.2, 0) is 4.79 Å². The van der Waals surface area contributed by atoms with Crippen molar-refractivity contribution in [2.75, 3.05) is 32.8 Å². The Morgan fingerprint density at radius 2 is 1.78 bits per heavy atom. The Balaban J connectivity index is 1.35. The molecule has 0 saturated carbocycles. The number of aliphatic hydroxyl groups excluding tert-OH is 1. The predicted octanol–water partition coefficient (Wildman–Crippen LogP) is 3.82. The molecule has 1 fully saturated rings. The number of amides is 1. The molecule has 0 aliphatic carbocycles. The van der Waals surface area contributed by atoms with E-state index in [1.54, 1.807) is 42.5 Å². The van der Waals surface area contributed by atoms with E-state index in [0.29, 0.717) is 41.7 Å². The van der Waals surface area contributed by atoms with Gasteiger partial charge in [-0.05, 0) is 73.5 Å². The van der Waals surface area contributed by atoms with Crippen LogP contribution in [0.2, 0.25) is 0 Å². The average Bonchev–Trinajstić information content (AvgIpc) is 3.61. The van der Waals surface area contributed by atoms with Gasteiger partial charge in [-0.25, -0.2) is 4.39 Å². The van der Waals surface area contributed by atoms with Crippen molar-refractivity contribution in [3.05, 3.63) is 70.9 Å². The number of oxime groups is 1. The number of halogens is 1. The molecule has 10 heteroatoms. The van der Waals surface area contributed by atoms with Crippen LogP contribution in [0, 0.1) is 5.82 Å². The van der Waals surface area contributed by atoms with Crippen molar-refractivity contribution >= 4 is 23.0 Å². The van der Waals surface area contributed by atoms with E-state index < -0.39 is 18.1 Å². The molecule has 8 nitrogen and oxygen atoms in total. The number of hydrogen-bond donors (Lipinski definition) is 3. The molecule has 5 rings (SSSR count). The molecule has 1 saturated heterocycles. The Hall–Kier alpha value is -3.47. The monoisotopic (exact) mass is 525 g/mol. The van der Waals surface area contributed by atoms with Gasteiger partial charge in [-0.3, -0.25) is 4.79 Å². The number of benzene rings is 2. The molecule has 194 valence electrons. The highest BCUT2D eigenvalue weighted by atomic mass is 32.1. The second kappa shape index (κ2) is 11.3. The molecule has 3 N–H and O–H groups in total. The summed E-state index contributed by atoms with van der Waals surface area (Å²) < 4.78 is 24.5. The summed E-state index contributed by atoms with van der Waals surface area (Å²) in [5.74, 6) is 0.235. The molecule has 2 unspecified atom stereocenters. The number of thiophene rings is 1. The van der Waals surface area contributed by atoms with E-state index in [2.05, 4.69) is 15.4 Å². The predicted molar refractivity (Wildman–Crippen MR) is 138 cm³/mol. The summed E-state index contributed by atoms with van der Waals surface area (Å²) in [6, 6.07) is 14.1.